The number of sulfonamides is 1. The first-order valence-corrected chi connectivity index (χ1v) is 16.0. The van der Waals surface area contributed by atoms with E-state index in [1.54, 1.807) is 55.5 Å². The van der Waals surface area contributed by atoms with Crippen LogP contribution in [0.15, 0.2) is 71.6 Å². The quantitative estimate of drug-likeness (QED) is 0.232. The van der Waals surface area contributed by atoms with Crippen LogP contribution >= 0.6 is 23.2 Å². The molecule has 0 spiro atoms. The van der Waals surface area contributed by atoms with E-state index in [1.165, 1.54) is 37.3 Å². The van der Waals surface area contributed by atoms with Gasteiger partial charge < -0.3 is 19.7 Å². The molecule has 9 nitrogen and oxygen atoms in total. The largest absolute Gasteiger partial charge is 0.497 e. The molecule has 0 aromatic heterocycles. The van der Waals surface area contributed by atoms with Crippen LogP contribution in [0, 0.1) is 0 Å². The number of amides is 2. The van der Waals surface area contributed by atoms with Crippen LogP contribution in [0.2, 0.25) is 10.0 Å². The van der Waals surface area contributed by atoms with Gasteiger partial charge in [0, 0.05) is 18.7 Å². The molecule has 1 N–H and O–H groups in total. The van der Waals surface area contributed by atoms with E-state index in [9.17, 15) is 18.0 Å². The van der Waals surface area contributed by atoms with Crippen LogP contribution in [0.4, 0.5) is 5.69 Å². The van der Waals surface area contributed by atoms with Gasteiger partial charge in [-0.1, -0.05) is 61.3 Å². The molecule has 2 atom stereocenters. The van der Waals surface area contributed by atoms with Crippen LogP contribution in [0.1, 0.15) is 39.2 Å². The SMILES string of the molecule is CC[C@@H](C)NC(=O)[C@@H](CC)N(Cc1ccc(Cl)c(Cl)c1)C(=O)CN(c1cc(OC)ccc1OC)S(=O)(=O)c1ccccc1. The second-order valence-electron chi connectivity index (χ2n) is 9.87. The molecule has 0 radical (unpaired) electrons. The lowest BCUT2D eigenvalue weighted by molar-refractivity contribution is -0.140. The highest BCUT2D eigenvalue weighted by molar-refractivity contribution is 7.92. The van der Waals surface area contributed by atoms with E-state index in [2.05, 4.69) is 5.32 Å². The van der Waals surface area contributed by atoms with Gasteiger partial charge in [-0.15, -0.1) is 0 Å². The van der Waals surface area contributed by atoms with Gasteiger partial charge in [-0.25, -0.2) is 8.42 Å². The molecule has 43 heavy (non-hydrogen) atoms. The van der Waals surface area contributed by atoms with Crippen molar-refractivity contribution in [2.75, 3.05) is 25.1 Å². The zero-order valence-electron chi connectivity index (χ0n) is 24.8. The molecule has 2 amide bonds. The van der Waals surface area contributed by atoms with Crippen molar-refractivity contribution in [2.24, 2.45) is 0 Å². The molecule has 0 heterocycles. The van der Waals surface area contributed by atoms with Crippen LogP contribution in [-0.4, -0.2) is 58.0 Å². The minimum Gasteiger partial charge on any atom is -0.497 e. The normalized spacial score (nSPS) is 12.6. The molecule has 12 heteroatoms. The number of ether oxygens (including phenoxy) is 2. The minimum atomic E-state index is -4.29. The molecule has 0 saturated carbocycles. The summed E-state index contributed by atoms with van der Waals surface area (Å²) in [5.74, 6) is -0.377. The zero-order valence-corrected chi connectivity index (χ0v) is 27.2. The van der Waals surface area contributed by atoms with Crippen molar-refractivity contribution in [3.63, 3.8) is 0 Å². The van der Waals surface area contributed by atoms with Crippen molar-refractivity contribution >= 4 is 50.7 Å². The molecular weight excluding hydrogens is 613 g/mol. The lowest BCUT2D eigenvalue weighted by Gasteiger charge is -2.34. The smallest absolute Gasteiger partial charge is 0.264 e. The molecule has 3 aromatic carbocycles. The van der Waals surface area contributed by atoms with E-state index in [4.69, 9.17) is 32.7 Å². The Bertz CT molecular complexity index is 1520. The second kappa shape index (κ2) is 15.3. The summed E-state index contributed by atoms with van der Waals surface area (Å²) in [6.07, 6.45) is 0.977. The minimum absolute atomic E-state index is 0.0172. The standard InChI is InChI=1S/C31H37Cl2N3O6S/c1-6-21(3)34-31(38)27(7-2)35(19-22-13-15-25(32)26(33)17-22)30(37)20-36(43(39,40)24-11-9-8-10-12-24)28-18-23(41-4)14-16-29(28)42-5/h8-18,21,27H,6-7,19-20H2,1-5H3,(H,34,38)/t21-,27-/m1/s1. The van der Waals surface area contributed by atoms with Crippen LogP contribution in [0.25, 0.3) is 0 Å². The number of carbonyl (C=O) groups excluding carboxylic acids is 2. The fourth-order valence-electron chi connectivity index (χ4n) is 4.42. The van der Waals surface area contributed by atoms with Crippen LogP contribution < -0.4 is 19.1 Å². The Kier molecular flexibility index (Phi) is 12.1. The highest BCUT2D eigenvalue weighted by Crippen LogP contribution is 2.36. The maximum absolute atomic E-state index is 14.3. The Hall–Kier alpha value is -3.47. The average molecular weight is 651 g/mol. The van der Waals surface area contributed by atoms with Gasteiger partial charge in [-0.05, 0) is 61.7 Å². The summed E-state index contributed by atoms with van der Waals surface area (Å²) in [5.41, 5.74) is 0.722. The summed E-state index contributed by atoms with van der Waals surface area (Å²) in [5, 5.41) is 3.58. The third-order valence-corrected chi connectivity index (χ3v) is 9.50. The Labute approximate surface area is 263 Å². The van der Waals surface area contributed by atoms with Gasteiger partial charge in [0.2, 0.25) is 11.8 Å². The number of methoxy groups -OCH3 is 2. The van der Waals surface area contributed by atoms with Crippen LogP contribution in [-0.2, 0) is 26.2 Å². The summed E-state index contributed by atoms with van der Waals surface area (Å²) < 4.78 is 40.1. The summed E-state index contributed by atoms with van der Waals surface area (Å²) >= 11 is 12.4. The first kappa shape index (κ1) is 34.0. The predicted octanol–water partition coefficient (Wildman–Crippen LogP) is 5.93. The molecule has 3 rings (SSSR count). The number of carbonyl (C=O) groups is 2. The fourth-order valence-corrected chi connectivity index (χ4v) is 6.18. The molecule has 0 unspecified atom stereocenters. The van der Waals surface area contributed by atoms with Gasteiger partial charge in [0.25, 0.3) is 10.0 Å². The fraction of sp³-hybridized carbons (Fsp3) is 0.355. The van der Waals surface area contributed by atoms with Crippen molar-refractivity contribution in [1.29, 1.82) is 0 Å². The van der Waals surface area contributed by atoms with Crippen molar-refractivity contribution < 1.29 is 27.5 Å². The number of benzene rings is 3. The van der Waals surface area contributed by atoms with Gasteiger partial charge >= 0.3 is 0 Å². The predicted molar refractivity (Wildman–Crippen MR) is 170 cm³/mol. The Morgan fingerprint density at radius 2 is 1.60 bits per heavy atom. The number of rotatable bonds is 14. The monoisotopic (exact) mass is 649 g/mol. The Balaban J connectivity index is 2.15. The molecule has 0 aliphatic carbocycles. The maximum atomic E-state index is 14.3. The number of nitrogens with zero attached hydrogens (tertiary/aromatic N) is 2. The molecule has 0 aliphatic heterocycles. The number of anilines is 1. The van der Waals surface area contributed by atoms with Crippen LogP contribution in [0.3, 0.4) is 0 Å². The van der Waals surface area contributed by atoms with Gasteiger partial charge in [0.1, 0.15) is 24.1 Å². The lowest BCUT2D eigenvalue weighted by Crippen LogP contribution is -2.53. The van der Waals surface area contributed by atoms with Gasteiger partial charge in [-0.3, -0.25) is 13.9 Å². The second-order valence-corrected chi connectivity index (χ2v) is 12.6. The summed E-state index contributed by atoms with van der Waals surface area (Å²) in [7, 11) is -1.43. The number of nitrogens with one attached hydrogen (secondary N) is 1. The third-order valence-electron chi connectivity index (χ3n) is 6.99. The highest BCUT2D eigenvalue weighted by atomic mass is 35.5. The van der Waals surface area contributed by atoms with E-state index in [0.29, 0.717) is 22.8 Å². The van der Waals surface area contributed by atoms with E-state index >= 15 is 0 Å². The topological polar surface area (TPSA) is 105 Å². The van der Waals surface area contributed by atoms with Crippen molar-refractivity contribution in [1.82, 2.24) is 10.2 Å². The van der Waals surface area contributed by atoms with E-state index in [0.717, 1.165) is 4.31 Å². The molecule has 3 aromatic rings. The number of hydrogen-bond donors (Lipinski definition) is 1. The van der Waals surface area contributed by atoms with E-state index < -0.39 is 28.5 Å². The maximum Gasteiger partial charge on any atom is 0.264 e. The van der Waals surface area contributed by atoms with Gasteiger partial charge in [0.15, 0.2) is 0 Å². The third kappa shape index (κ3) is 8.34. The summed E-state index contributed by atoms with van der Waals surface area (Å²) in [4.78, 5) is 29.1. The van der Waals surface area contributed by atoms with Crippen molar-refractivity contribution in [3.05, 3.63) is 82.3 Å². The Morgan fingerprint density at radius 1 is 0.907 bits per heavy atom. The lowest BCUT2D eigenvalue weighted by atomic mass is 10.1. The molecule has 0 saturated heterocycles. The first-order valence-electron chi connectivity index (χ1n) is 13.8. The molecule has 0 bridgehead atoms. The van der Waals surface area contributed by atoms with E-state index in [-0.39, 0.29) is 46.3 Å². The van der Waals surface area contributed by atoms with Crippen molar-refractivity contribution in [3.8, 4) is 11.5 Å². The molecule has 0 fully saturated rings. The number of halogens is 2. The zero-order chi connectivity index (χ0) is 31.7. The van der Waals surface area contributed by atoms with E-state index in [1.807, 2.05) is 13.8 Å². The highest BCUT2D eigenvalue weighted by Gasteiger charge is 2.35. The molecule has 0 aliphatic rings. The molecule has 232 valence electrons. The summed E-state index contributed by atoms with van der Waals surface area (Å²) in [6.45, 7) is 4.96. The summed E-state index contributed by atoms with van der Waals surface area (Å²) in [6, 6.07) is 16.4. The van der Waals surface area contributed by atoms with Gasteiger partial charge in [-0.2, -0.15) is 0 Å². The number of hydrogen-bond acceptors (Lipinski definition) is 6. The molecular formula is C31H37Cl2N3O6S. The van der Waals surface area contributed by atoms with Crippen molar-refractivity contribution in [2.45, 2.75) is 57.1 Å². The Morgan fingerprint density at radius 3 is 2.19 bits per heavy atom. The first-order chi connectivity index (χ1) is 20.5. The van der Waals surface area contributed by atoms with Crippen LogP contribution in [0.5, 0.6) is 11.5 Å². The van der Waals surface area contributed by atoms with Gasteiger partial charge in [0.05, 0.1) is 34.8 Å². The average Bonchev–Trinajstić information content (AvgIpc) is 3.01.